The molecule has 0 bridgehead atoms. The number of unbranched alkanes of at least 4 members (excludes halogenated alkanes) is 6. The molecule has 0 saturated carbocycles. The predicted molar refractivity (Wildman–Crippen MR) is 119 cm³/mol. The second kappa shape index (κ2) is 14.1. The second-order valence-corrected chi connectivity index (χ2v) is 7.94. The zero-order chi connectivity index (χ0) is 21.6. The van der Waals surface area contributed by atoms with Gasteiger partial charge in [0.2, 0.25) is 0 Å². The molecule has 1 aromatic heterocycles. The van der Waals surface area contributed by atoms with Crippen LogP contribution in [0.5, 0.6) is 5.75 Å². The number of aromatic nitrogens is 2. The third-order valence-corrected chi connectivity index (χ3v) is 5.29. The maximum absolute atomic E-state index is 13.8. The van der Waals surface area contributed by atoms with E-state index in [-0.39, 0.29) is 13.0 Å². The largest absolute Gasteiger partial charge is 0.487 e. The third kappa shape index (κ3) is 8.76. The highest BCUT2D eigenvalue weighted by Gasteiger charge is 2.20. The molecular weight excluding hydrogens is 382 g/mol. The predicted octanol–water partition coefficient (Wildman–Crippen LogP) is 7.29. The van der Waals surface area contributed by atoms with Crippen LogP contribution >= 0.6 is 0 Å². The Hall–Kier alpha value is -2.04. The van der Waals surface area contributed by atoms with Crippen molar-refractivity contribution in [1.82, 2.24) is 9.97 Å². The Morgan fingerprint density at radius 3 is 2.10 bits per heavy atom. The van der Waals surface area contributed by atoms with Gasteiger partial charge < -0.3 is 4.74 Å². The summed E-state index contributed by atoms with van der Waals surface area (Å²) in [6, 6.07) is 8.31. The number of hydrogen-bond acceptors (Lipinski definition) is 3. The van der Waals surface area contributed by atoms with Crippen LogP contribution in [-0.4, -0.2) is 28.9 Å². The molecule has 0 amide bonds. The number of alkyl halides is 2. The quantitative estimate of drug-likeness (QED) is 0.285. The van der Waals surface area contributed by atoms with Gasteiger partial charge in [-0.25, -0.2) is 18.7 Å². The molecule has 0 spiro atoms. The molecule has 0 aliphatic heterocycles. The zero-order valence-corrected chi connectivity index (χ0v) is 18.5. The van der Waals surface area contributed by atoms with Gasteiger partial charge in [0.1, 0.15) is 12.8 Å². The minimum atomic E-state index is -1.63. The second-order valence-electron chi connectivity index (χ2n) is 7.94. The molecule has 2 aromatic rings. The fraction of sp³-hybridized carbons (Fsp3) is 0.600. The molecular formula is C25H36F2N2O. The Labute approximate surface area is 180 Å². The maximum Gasteiger partial charge on any atom is 0.165 e. The van der Waals surface area contributed by atoms with Crippen LogP contribution in [0.4, 0.5) is 8.78 Å². The molecule has 1 aromatic carbocycles. The molecule has 0 aliphatic rings. The van der Waals surface area contributed by atoms with Crippen molar-refractivity contribution in [3.8, 4) is 17.1 Å². The maximum atomic E-state index is 13.8. The van der Waals surface area contributed by atoms with E-state index in [1.807, 2.05) is 19.1 Å². The van der Waals surface area contributed by atoms with E-state index in [2.05, 4.69) is 29.0 Å². The van der Waals surface area contributed by atoms with Gasteiger partial charge in [-0.3, -0.25) is 0 Å². The molecule has 0 N–H and O–H groups in total. The molecule has 0 fully saturated rings. The first-order chi connectivity index (χ1) is 14.6. The van der Waals surface area contributed by atoms with Crippen molar-refractivity contribution in [2.75, 3.05) is 6.61 Å². The van der Waals surface area contributed by atoms with Crippen molar-refractivity contribution in [3.63, 3.8) is 0 Å². The first kappa shape index (κ1) is 24.2. The van der Waals surface area contributed by atoms with E-state index in [1.165, 1.54) is 56.5 Å². The summed E-state index contributed by atoms with van der Waals surface area (Å²) in [5, 5.41) is 0. The number of halogens is 2. The van der Waals surface area contributed by atoms with E-state index in [0.717, 1.165) is 18.4 Å². The number of rotatable bonds is 15. The summed E-state index contributed by atoms with van der Waals surface area (Å²) in [6.45, 7) is 3.88. The minimum absolute atomic E-state index is 0.227. The fourth-order valence-corrected chi connectivity index (χ4v) is 3.33. The minimum Gasteiger partial charge on any atom is -0.487 e. The summed E-state index contributed by atoms with van der Waals surface area (Å²) in [5.41, 5.74) is 2.26. The molecule has 2 atom stereocenters. The van der Waals surface area contributed by atoms with Crippen LogP contribution in [0.1, 0.15) is 77.2 Å². The summed E-state index contributed by atoms with van der Waals surface area (Å²) in [5.74, 6) is 0.945. The standard InChI is InChI=1S/C25H36F2N2O/c1-3-5-7-8-9-10-11-20-13-15-21(16-14-20)25-28-17-22(18-29-25)30-19-24(27)23(26)12-6-4-2/h13-18,23-24H,3-12,19H2,1-2H3. The van der Waals surface area contributed by atoms with Crippen molar-refractivity contribution in [3.05, 3.63) is 42.2 Å². The Morgan fingerprint density at radius 1 is 0.800 bits per heavy atom. The lowest BCUT2D eigenvalue weighted by Crippen LogP contribution is -2.24. The monoisotopic (exact) mass is 418 g/mol. The summed E-state index contributed by atoms with van der Waals surface area (Å²) in [6.07, 6.45) is 10.5. The van der Waals surface area contributed by atoms with Gasteiger partial charge >= 0.3 is 0 Å². The average molecular weight is 419 g/mol. The van der Waals surface area contributed by atoms with Crippen molar-refractivity contribution in [1.29, 1.82) is 0 Å². The van der Waals surface area contributed by atoms with Gasteiger partial charge in [-0.1, -0.05) is 83.1 Å². The van der Waals surface area contributed by atoms with Crippen molar-refractivity contribution in [2.45, 2.75) is 90.4 Å². The van der Waals surface area contributed by atoms with Crippen molar-refractivity contribution >= 4 is 0 Å². The highest BCUT2D eigenvalue weighted by atomic mass is 19.2. The molecule has 0 saturated heterocycles. The van der Waals surface area contributed by atoms with E-state index in [0.29, 0.717) is 18.0 Å². The van der Waals surface area contributed by atoms with Crippen molar-refractivity contribution in [2.24, 2.45) is 0 Å². The van der Waals surface area contributed by atoms with Gasteiger partial charge in [0.25, 0.3) is 0 Å². The molecule has 0 aliphatic carbocycles. The van der Waals surface area contributed by atoms with Gasteiger partial charge in [-0.15, -0.1) is 0 Å². The van der Waals surface area contributed by atoms with Crippen LogP contribution in [0.2, 0.25) is 0 Å². The number of hydrogen-bond donors (Lipinski definition) is 0. The van der Waals surface area contributed by atoms with E-state index >= 15 is 0 Å². The van der Waals surface area contributed by atoms with Gasteiger partial charge in [0.15, 0.2) is 17.7 Å². The summed E-state index contributed by atoms with van der Waals surface area (Å²) in [7, 11) is 0. The van der Waals surface area contributed by atoms with Gasteiger partial charge in [-0.2, -0.15) is 0 Å². The molecule has 5 heteroatoms. The molecule has 30 heavy (non-hydrogen) atoms. The zero-order valence-electron chi connectivity index (χ0n) is 18.5. The molecule has 3 nitrogen and oxygen atoms in total. The molecule has 0 radical (unpaired) electrons. The lowest BCUT2D eigenvalue weighted by molar-refractivity contribution is 0.102. The number of nitrogens with zero attached hydrogens (tertiary/aromatic N) is 2. The average Bonchev–Trinajstić information content (AvgIpc) is 2.79. The van der Waals surface area contributed by atoms with Gasteiger partial charge in [0.05, 0.1) is 12.4 Å². The third-order valence-electron chi connectivity index (χ3n) is 5.29. The molecule has 2 rings (SSSR count). The van der Waals surface area contributed by atoms with Crippen LogP contribution < -0.4 is 4.74 Å². The Morgan fingerprint density at radius 2 is 1.43 bits per heavy atom. The fourth-order valence-electron chi connectivity index (χ4n) is 3.33. The Kier molecular flexibility index (Phi) is 11.3. The molecule has 166 valence electrons. The summed E-state index contributed by atoms with van der Waals surface area (Å²) in [4.78, 5) is 8.61. The van der Waals surface area contributed by atoms with E-state index < -0.39 is 12.3 Å². The van der Waals surface area contributed by atoms with Crippen LogP contribution in [0, 0.1) is 0 Å². The number of aryl methyl sites for hydroxylation is 1. The first-order valence-electron chi connectivity index (χ1n) is 11.5. The van der Waals surface area contributed by atoms with E-state index in [1.54, 1.807) is 0 Å². The first-order valence-corrected chi connectivity index (χ1v) is 11.5. The SMILES string of the molecule is CCCCCCCCc1ccc(-c2ncc(OCC(F)C(F)CCCC)cn2)cc1. The van der Waals surface area contributed by atoms with Crippen LogP contribution in [0.3, 0.4) is 0 Å². The Balaban J connectivity index is 1.77. The van der Waals surface area contributed by atoms with E-state index in [9.17, 15) is 8.78 Å². The molecule has 2 unspecified atom stereocenters. The molecule has 1 heterocycles. The lowest BCUT2D eigenvalue weighted by Gasteiger charge is -2.14. The van der Waals surface area contributed by atoms with Crippen LogP contribution in [-0.2, 0) is 6.42 Å². The van der Waals surface area contributed by atoms with Gasteiger partial charge in [-0.05, 0) is 24.8 Å². The Bertz CT molecular complexity index is 691. The number of benzene rings is 1. The van der Waals surface area contributed by atoms with E-state index in [4.69, 9.17) is 4.74 Å². The van der Waals surface area contributed by atoms with Crippen molar-refractivity contribution < 1.29 is 13.5 Å². The lowest BCUT2D eigenvalue weighted by atomic mass is 10.0. The normalized spacial score (nSPS) is 13.2. The smallest absolute Gasteiger partial charge is 0.165 e. The van der Waals surface area contributed by atoms with Gasteiger partial charge in [0, 0.05) is 5.56 Å². The highest BCUT2D eigenvalue weighted by Crippen LogP contribution is 2.19. The topological polar surface area (TPSA) is 35.0 Å². The summed E-state index contributed by atoms with van der Waals surface area (Å²) < 4.78 is 32.8. The summed E-state index contributed by atoms with van der Waals surface area (Å²) >= 11 is 0. The van der Waals surface area contributed by atoms with Crippen LogP contribution in [0.15, 0.2) is 36.7 Å². The highest BCUT2D eigenvalue weighted by molar-refractivity contribution is 5.55. The number of ether oxygens (including phenoxy) is 1. The van der Waals surface area contributed by atoms with Crippen LogP contribution in [0.25, 0.3) is 11.4 Å².